The predicted octanol–water partition coefficient (Wildman–Crippen LogP) is 5.26. The van der Waals surface area contributed by atoms with Gasteiger partial charge >= 0.3 is 5.97 Å². The second-order valence-corrected chi connectivity index (χ2v) is 7.33. The molecule has 5 aromatic rings. The lowest BCUT2D eigenvalue weighted by Gasteiger charge is -2.04. The van der Waals surface area contributed by atoms with Crippen molar-refractivity contribution >= 4 is 28.5 Å². The largest absolute Gasteiger partial charge is 0.452 e. The summed E-state index contributed by atoms with van der Waals surface area (Å²) in [6.45, 7) is 1.59. The monoisotopic (exact) mass is 446 g/mol. The maximum atomic E-state index is 12.5. The number of halogens is 1. The third kappa shape index (κ3) is 3.83. The van der Waals surface area contributed by atoms with Gasteiger partial charge in [0, 0.05) is 10.9 Å². The molecule has 5 rings (SSSR count). The van der Waals surface area contributed by atoms with E-state index in [0.717, 1.165) is 10.9 Å². The molecule has 0 spiro atoms. The number of esters is 1. The molecule has 0 unspecified atom stereocenters. The van der Waals surface area contributed by atoms with E-state index in [-0.39, 0.29) is 18.4 Å². The number of ether oxygens (including phenoxy) is 1. The molecule has 3 aromatic heterocycles. The summed E-state index contributed by atoms with van der Waals surface area (Å²) in [5.74, 6) is 0.415. The Bertz CT molecular complexity index is 1430. The minimum Gasteiger partial charge on any atom is -0.452 e. The van der Waals surface area contributed by atoms with Gasteiger partial charge in [0.25, 0.3) is 11.8 Å². The Kier molecular flexibility index (Phi) is 5.12. The van der Waals surface area contributed by atoms with Crippen LogP contribution < -0.4 is 0 Å². The molecular weight excluding hydrogens is 432 g/mol. The number of nitrogens with zero attached hydrogens (tertiary/aromatic N) is 4. The zero-order chi connectivity index (χ0) is 22.1. The summed E-state index contributed by atoms with van der Waals surface area (Å²) < 4.78 is 16.4. The minimum absolute atomic E-state index is 0.155. The van der Waals surface area contributed by atoms with E-state index in [2.05, 4.69) is 20.3 Å². The SMILES string of the molecule is Cc1onc(-c2ccccc2)c1-c1nnc(COC(=O)c2ccc3nc(Cl)ccc3c2)o1. The van der Waals surface area contributed by atoms with Crippen LogP contribution in [0.3, 0.4) is 0 Å². The van der Waals surface area contributed by atoms with Gasteiger partial charge in [0.15, 0.2) is 6.61 Å². The number of fused-ring (bicyclic) bond motifs is 1. The van der Waals surface area contributed by atoms with Crippen LogP contribution in [0.2, 0.25) is 5.15 Å². The standard InChI is InChI=1S/C23H15ClN4O4/c1-13-20(21(28-32-13)14-5-3-2-4-6-14)22-27-26-19(31-22)12-30-23(29)16-7-9-17-15(11-16)8-10-18(24)25-17/h2-11H,12H2,1H3. The van der Waals surface area contributed by atoms with Crippen LogP contribution in [-0.4, -0.2) is 26.3 Å². The molecule has 0 aliphatic heterocycles. The van der Waals surface area contributed by atoms with Crippen LogP contribution in [-0.2, 0) is 11.3 Å². The van der Waals surface area contributed by atoms with Crippen molar-refractivity contribution in [1.82, 2.24) is 20.3 Å². The number of hydrogen-bond acceptors (Lipinski definition) is 8. The van der Waals surface area contributed by atoms with Gasteiger partial charge in [-0.1, -0.05) is 47.1 Å². The van der Waals surface area contributed by atoms with Crippen molar-refractivity contribution in [1.29, 1.82) is 0 Å². The maximum Gasteiger partial charge on any atom is 0.338 e. The molecule has 9 heteroatoms. The zero-order valence-corrected chi connectivity index (χ0v) is 17.5. The highest BCUT2D eigenvalue weighted by Gasteiger charge is 2.22. The Morgan fingerprint density at radius 2 is 1.91 bits per heavy atom. The van der Waals surface area contributed by atoms with Crippen LogP contribution in [0.5, 0.6) is 0 Å². The van der Waals surface area contributed by atoms with Crippen LogP contribution in [0.4, 0.5) is 0 Å². The van der Waals surface area contributed by atoms with Gasteiger partial charge in [-0.3, -0.25) is 0 Å². The Hall–Kier alpha value is -4.04. The molecule has 0 radical (unpaired) electrons. The summed E-state index contributed by atoms with van der Waals surface area (Å²) >= 11 is 5.90. The van der Waals surface area contributed by atoms with Gasteiger partial charge in [0.2, 0.25) is 0 Å². The Morgan fingerprint density at radius 3 is 2.75 bits per heavy atom. The van der Waals surface area contributed by atoms with E-state index in [1.807, 2.05) is 30.3 Å². The highest BCUT2D eigenvalue weighted by molar-refractivity contribution is 6.29. The summed E-state index contributed by atoms with van der Waals surface area (Å²) in [7, 11) is 0. The molecule has 158 valence electrons. The second kappa shape index (κ2) is 8.24. The van der Waals surface area contributed by atoms with E-state index in [1.165, 1.54) is 0 Å². The number of carbonyl (C=O) groups is 1. The molecule has 0 aliphatic carbocycles. The Labute approximate surface area is 186 Å². The fraction of sp³-hybridized carbons (Fsp3) is 0.0870. The van der Waals surface area contributed by atoms with Gasteiger partial charge < -0.3 is 13.7 Å². The second-order valence-electron chi connectivity index (χ2n) is 6.95. The number of hydrogen-bond donors (Lipinski definition) is 0. The number of benzene rings is 2. The number of pyridine rings is 1. The zero-order valence-electron chi connectivity index (χ0n) is 16.8. The lowest BCUT2D eigenvalue weighted by molar-refractivity contribution is 0.0439. The molecule has 0 bridgehead atoms. The van der Waals surface area contributed by atoms with Crippen molar-refractivity contribution in [2.24, 2.45) is 0 Å². The topological polar surface area (TPSA) is 104 Å². The third-order valence-corrected chi connectivity index (χ3v) is 5.02. The van der Waals surface area contributed by atoms with Gasteiger partial charge in [-0.15, -0.1) is 10.2 Å². The van der Waals surface area contributed by atoms with E-state index in [4.69, 9.17) is 25.3 Å². The quantitative estimate of drug-likeness (QED) is 0.266. The molecule has 0 saturated carbocycles. The van der Waals surface area contributed by atoms with Crippen molar-refractivity contribution in [2.75, 3.05) is 0 Å². The van der Waals surface area contributed by atoms with Crippen LogP contribution in [0.15, 0.2) is 69.6 Å². The van der Waals surface area contributed by atoms with Gasteiger partial charge in [-0.25, -0.2) is 9.78 Å². The molecule has 0 N–H and O–H groups in total. The molecule has 0 atom stereocenters. The summed E-state index contributed by atoms with van der Waals surface area (Å²) in [5, 5.41) is 13.3. The van der Waals surface area contributed by atoms with E-state index < -0.39 is 5.97 Å². The highest BCUT2D eigenvalue weighted by atomic mass is 35.5. The van der Waals surface area contributed by atoms with Crippen molar-refractivity contribution in [3.05, 3.63) is 83.0 Å². The first-order valence-electron chi connectivity index (χ1n) is 9.66. The average Bonchev–Trinajstić information content (AvgIpc) is 3.43. The highest BCUT2D eigenvalue weighted by Crippen LogP contribution is 2.33. The number of carbonyl (C=O) groups excluding carboxylic acids is 1. The first-order valence-corrected chi connectivity index (χ1v) is 10.0. The lowest BCUT2D eigenvalue weighted by atomic mass is 10.1. The van der Waals surface area contributed by atoms with E-state index >= 15 is 0 Å². The van der Waals surface area contributed by atoms with Crippen molar-refractivity contribution in [3.8, 4) is 22.7 Å². The van der Waals surface area contributed by atoms with Gasteiger partial charge in [0.1, 0.15) is 22.2 Å². The van der Waals surface area contributed by atoms with Crippen LogP contribution in [0.1, 0.15) is 22.0 Å². The van der Waals surface area contributed by atoms with Crippen molar-refractivity contribution in [3.63, 3.8) is 0 Å². The molecule has 0 aliphatic rings. The molecule has 0 saturated heterocycles. The summed E-state index contributed by atoms with van der Waals surface area (Å²) in [5.41, 5.74) is 3.12. The molecule has 2 aromatic carbocycles. The molecular formula is C23H15ClN4O4. The van der Waals surface area contributed by atoms with Crippen molar-refractivity contribution in [2.45, 2.75) is 13.5 Å². The summed E-state index contributed by atoms with van der Waals surface area (Å²) in [6.07, 6.45) is 0. The normalized spacial score (nSPS) is 11.1. The first kappa shape index (κ1) is 19.9. The lowest BCUT2D eigenvalue weighted by Crippen LogP contribution is -2.05. The maximum absolute atomic E-state index is 12.5. The van der Waals surface area contributed by atoms with Gasteiger partial charge in [-0.2, -0.15) is 0 Å². The Balaban J connectivity index is 1.33. The fourth-order valence-electron chi connectivity index (χ4n) is 3.27. The average molecular weight is 447 g/mol. The van der Waals surface area contributed by atoms with Gasteiger partial charge in [0.05, 0.1) is 11.1 Å². The van der Waals surface area contributed by atoms with Gasteiger partial charge in [-0.05, 0) is 37.3 Å². The third-order valence-electron chi connectivity index (χ3n) is 4.81. The summed E-state index contributed by atoms with van der Waals surface area (Å²) in [6, 6.07) is 18.0. The van der Waals surface area contributed by atoms with E-state index in [0.29, 0.717) is 33.3 Å². The van der Waals surface area contributed by atoms with E-state index in [1.54, 1.807) is 37.3 Å². The predicted molar refractivity (Wildman–Crippen MR) is 116 cm³/mol. The molecule has 3 heterocycles. The number of aromatic nitrogens is 4. The molecule has 0 fully saturated rings. The molecule has 8 nitrogen and oxygen atoms in total. The van der Waals surface area contributed by atoms with Crippen LogP contribution in [0, 0.1) is 6.92 Å². The van der Waals surface area contributed by atoms with Crippen molar-refractivity contribution < 1.29 is 18.5 Å². The minimum atomic E-state index is -0.521. The molecule has 0 amide bonds. The van der Waals surface area contributed by atoms with Crippen LogP contribution in [0.25, 0.3) is 33.6 Å². The summed E-state index contributed by atoms with van der Waals surface area (Å²) in [4.78, 5) is 16.7. The fourth-order valence-corrected chi connectivity index (χ4v) is 3.42. The Morgan fingerprint density at radius 1 is 1.06 bits per heavy atom. The molecule has 32 heavy (non-hydrogen) atoms. The van der Waals surface area contributed by atoms with Crippen LogP contribution >= 0.6 is 11.6 Å². The smallest absolute Gasteiger partial charge is 0.338 e. The number of aryl methyl sites for hydroxylation is 1. The number of rotatable bonds is 5. The van der Waals surface area contributed by atoms with E-state index in [9.17, 15) is 4.79 Å². The first-order chi connectivity index (χ1) is 15.6.